The number of piperazine rings is 1. The van der Waals surface area contributed by atoms with Crippen LogP contribution in [-0.2, 0) is 14.6 Å². The topological polar surface area (TPSA) is 93.2 Å². The van der Waals surface area contributed by atoms with Crippen molar-refractivity contribution in [1.82, 2.24) is 9.80 Å². The molecule has 0 aliphatic carbocycles. The van der Waals surface area contributed by atoms with Crippen LogP contribution in [0.25, 0.3) is 0 Å². The van der Waals surface area contributed by atoms with Gasteiger partial charge >= 0.3 is 6.09 Å². The van der Waals surface area contributed by atoms with Crippen molar-refractivity contribution in [3.05, 3.63) is 23.8 Å². The lowest BCUT2D eigenvalue weighted by Gasteiger charge is -2.35. The number of rotatable bonds is 3. The van der Waals surface area contributed by atoms with Crippen LogP contribution < -0.4 is 4.74 Å². The molecule has 1 saturated heterocycles. The number of hydrogen-bond donors (Lipinski definition) is 0. The summed E-state index contributed by atoms with van der Waals surface area (Å²) in [6, 6.07) is 4.21. The molecule has 0 radical (unpaired) electrons. The molecule has 0 N–H and O–H groups in total. The van der Waals surface area contributed by atoms with Gasteiger partial charge in [0.25, 0.3) is 5.91 Å². The summed E-state index contributed by atoms with van der Waals surface area (Å²) in [7, 11) is -2.02. The molecule has 0 unspecified atom stereocenters. The third-order valence-electron chi connectivity index (χ3n) is 4.05. The Morgan fingerprint density at radius 3 is 2.07 bits per heavy atom. The van der Waals surface area contributed by atoms with E-state index >= 15 is 0 Å². The van der Waals surface area contributed by atoms with Gasteiger partial charge in [0.1, 0.15) is 11.4 Å². The summed E-state index contributed by atoms with van der Waals surface area (Å²) in [6.07, 6.45) is 0.675. The lowest BCUT2D eigenvalue weighted by molar-refractivity contribution is 0.0140. The summed E-state index contributed by atoms with van der Waals surface area (Å²) in [5.41, 5.74) is -0.394. The monoisotopic (exact) mass is 398 g/mol. The van der Waals surface area contributed by atoms with Crippen LogP contribution in [0.3, 0.4) is 0 Å². The van der Waals surface area contributed by atoms with Crippen molar-refractivity contribution in [2.45, 2.75) is 31.3 Å². The SMILES string of the molecule is COc1ccc(S(C)(=O)=O)cc1C(=O)N1CCN(C(=O)OC(C)(C)C)CC1. The van der Waals surface area contributed by atoms with Crippen LogP contribution in [0.15, 0.2) is 23.1 Å². The smallest absolute Gasteiger partial charge is 0.410 e. The van der Waals surface area contributed by atoms with E-state index in [9.17, 15) is 18.0 Å². The van der Waals surface area contributed by atoms with Gasteiger partial charge in [-0.15, -0.1) is 0 Å². The summed E-state index contributed by atoms with van der Waals surface area (Å²) >= 11 is 0. The number of methoxy groups -OCH3 is 1. The molecule has 0 bridgehead atoms. The summed E-state index contributed by atoms with van der Waals surface area (Å²) < 4.78 is 34.1. The first-order valence-electron chi connectivity index (χ1n) is 8.57. The third kappa shape index (κ3) is 5.35. The highest BCUT2D eigenvalue weighted by molar-refractivity contribution is 7.90. The second-order valence-electron chi connectivity index (χ2n) is 7.39. The molecule has 1 heterocycles. The molecule has 27 heavy (non-hydrogen) atoms. The summed E-state index contributed by atoms with van der Waals surface area (Å²) in [5, 5.41) is 0. The Hall–Kier alpha value is -2.29. The van der Waals surface area contributed by atoms with Gasteiger partial charge in [0.05, 0.1) is 17.6 Å². The van der Waals surface area contributed by atoms with E-state index in [1.165, 1.54) is 25.3 Å². The van der Waals surface area contributed by atoms with Crippen molar-refractivity contribution in [3.8, 4) is 5.75 Å². The molecular formula is C18H26N2O6S. The van der Waals surface area contributed by atoms with Crippen molar-refractivity contribution in [2.24, 2.45) is 0 Å². The first-order chi connectivity index (χ1) is 12.4. The molecule has 2 amide bonds. The number of hydrogen-bond acceptors (Lipinski definition) is 6. The van der Waals surface area contributed by atoms with Gasteiger partial charge in [-0.2, -0.15) is 0 Å². The van der Waals surface area contributed by atoms with Crippen LogP contribution in [0.4, 0.5) is 4.79 Å². The number of carbonyl (C=O) groups excluding carboxylic acids is 2. The third-order valence-corrected chi connectivity index (χ3v) is 5.16. The molecular weight excluding hydrogens is 372 g/mol. The zero-order valence-corrected chi connectivity index (χ0v) is 17.1. The van der Waals surface area contributed by atoms with Crippen molar-refractivity contribution in [1.29, 1.82) is 0 Å². The second-order valence-corrected chi connectivity index (χ2v) is 9.41. The highest BCUT2D eigenvalue weighted by Crippen LogP contribution is 2.24. The maximum atomic E-state index is 12.9. The van der Waals surface area contributed by atoms with Crippen molar-refractivity contribution in [2.75, 3.05) is 39.5 Å². The minimum Gasteiger partial charge on any atom is -0.496 e. The average molecular weight is 398 g/mol. The van der Waals surface area contributed by atoms with Gasteiger partial charge in [-0.1, -0.05) is 0 Å². The van der Waals surface area contributed by atoms with E-state index in [1.807, 2.05) is 0 Å². The van der Waals surface area contributed by atoms with Crippen molar-refractivity contribution >= 4 is 21.8 Å². The normalized spacial score (nSPS) is 15.4. The zero-order chi connectivity index (χ0) is 20.4. The zero-order valence-electron chi connectivity index (χ0n) is 16.3. The van der Waals surface area contributed by atoms with Crippen molar-refractivity contribution < 1.29 is 27.5 Å². The Labute approximate surface area is 160 Å². The van der Waals surface area contributed by atoms with Crippen molar-refractivity contribution in [3.63, 3.8) is 0 Å². The Kier molecular flexibility index (Phi) is 6.04. The van der Waals surface area contributed by atoms with Crippen LogP contribution in [-0.4, -0.2) is 75.4 Å². The average Bonchev–Trinajstić information content (AvgIpc) is 2.58. The Bertz CT molecular complexity index is 821. The number of benzene rings is 1. The number of nitrogens with zero attached hydrogens (tertiary/aromatic N) is 2. The molecule has 0 atom stereocenters. The summed E-state index contributed by atoms with van der Waals surface area (Å²) in [5.74, 6) is -0.0249. The fourth-order valence-corrected chi connectivity index (χ4v) is 3.32. The van der Waals surface area contributed by atoms with Gasteiger partial charge in [0.2, 0.25) is 0 Å². The maximum Gasteiger partial charge on any atom is 0.410 e. The molecule has 8 nitrogen and oxygen atoms in total. The standard InChI is InChI=1S/C18H26N2O6S/c1-18(2,3)26-17(22)20-10-8-19(9-11-20)16(21)14-12-13(27(5,23)24)6-7-15(14)25-4/h6-7,12H,8-11H2,1-5H3. The number of ether oxygens (including phenoxy) is 2. The largest absolute Gasteiger partial charge is 0.496 e. The molecule has 1 fully saturated rings. The molecule has 1 aliphatic rings. The molecule has 1 aromatic rings. The minimum atomic E-state index is -3.45. The number of amides is 2. The van der Waals surface area contributed by atoms with Gasteiger partial charge in [-0.3, -0.25) is 4.79 Å². The quantitative estimate of drug-likeness (QED) is 0.771. The van der Waals surface area contributed by atoms with E-state index in [1.54, 1.807) is 30.6 Å². The van der Waals surface area contributed by atoms with Gasteiger partial charge in [0.15, 0.2) is 9.84 Å². The van der Waals surface area contributed by atoms with Gasteiger partial charge in [-0.05, 0) is 39.0 Å². The number of sulfone groups is 1. The van der Waals surface area contributed by atoms with Gasteiger partial charge in [0, 0.05) is 32.4 Å². The van der Waals surface area contributed by atoms with Gasteiger partial charge in [-0.25, -0.2) is 13.2 Å². The molecule has 0 spiro atoms. The first kappa shape index (κ1) is 21.0. The maximum absolute atomic E-state index is 12.9. The fourth-order valence-electron chi connectivity index (χ4n) is 2.67. The van der Waals surface area contributed by atoms with E-state index < -0.39 is 21.5 Å². The van der Waals surface area contributed by atoms with Gasteiger partial charge < -0.3 is 19.3 Å². The summed E-state index contributed by atoms with van der Waals surface area (Å²) in [6.45, 7) is 6.72. The highest BCUT2D eigenvalue weighted by atomic mass is 32.2. The lowest BCUT2D eigenvalue weighted by Crippen LogP contribution is -2.51. The van der Waals surface area contributed by atoms with E-state index in [0.29, 0.717) is 31.9 Å². The number of carbonyl (C=O) groups is 2. The van der Waals surface area contributed by atoms with Crippen LogP contribution in [0.2, 0.25) is 0 Å². The Morgan fingerprint density at radius 2 is 1.59 bits per heavy atom. The molecule has 1 aromatic carbocycles. The Morgan fingerprint density at radius 1 is 1.04 bits per heavy atom. The highest BCUT2D eigenvalue weighted by Gasteiger charge is 2.29. The minimum absolute atomic E-state index is 0.0547. The van der Waals surface area contributed by atoms with Crippen LogP contribution in [0.1, 0.15) is 31.1 Å². The van der Waals surface area contributed by atoms with Crippen LogP contribution in [0.5, 0.6) is 5.75 Å². The fraction of sp³-hybridized carbons (Fsp3) is 0.556. The summed E-state index contributed by atoms with van der Waals surface area (Å²) in [4.78, 5) is 28.2. The molecule has 9 heteroatoms. The van der Waals surface area contributed by atoms with E-state index in [-0.39, 0.29) is 16.4 Å². The Balaban J connectivity index is 2.13. The molecule has 1 aliphatic heterocycles. The molecule has 0 saturated carbocycles. The second kappa shape index (κ2) is 7.75. The van der Waals surface area contributed by atoms with Crippen LogP contribution >= 0.6 is 0 Å². The first-order valence-corrected chi connectivity index (χ1v) is 10.5. The molecule has 0 aromatic heterocycles. The molecule has 2 rings (SSSR count). The predicted molar refractivity (Wildman–Crippen MR) is 99.8 cm³/mol. The van der Waals surface area contributed by atoms with E-state index in [2.05, 4.69) is 0 Å². The van der Waals surface area contributed by atoms with E-state index in [4.69, 9.17) is 9.47 Å². The predicted octanol–water partition coefficient (Wildman–Crippen LogP) is 1.79. The molecule has 150 valence electrons. The lowest BCUT2D eigenvalue weighted by atomic mass is 10.1. The van der Waals surface area contributed by atoms with Crippen LogP contribution in [0, 0.1) is 0 Å². The van der Waals surface area contributed by atoms with E-state index in [0.717, 1.165) is 6.26 Å².